The van der Waals surface area contributed by atoms with Crippen LogP contribution in [0.2, 0.25) is 0 Å². The lowest BCUT2D eigenvalue weighted by Gasteiger charge is -2.24. The Morgan fingerprint density at radius 2 is 0.679 bits per heavy atom. The molecular formula is C62H72N12O4. The topological polar surface area (TPSA) is 214 Å². The second-order valence-corrected chi connectivity index (χ2v) is 19.6. The van der Waals surface area contributed by atoms with Gasteiger partial charge in [-0.3, -0.25) is 0 Å². The van der Waals surface area contributed by atoms with Crippen LogP contribution in [0.25, 0.3) is 0 Å². The lowest BCUT2D eigenvalue weighted by Crippen LogP contribution is -2.13. The van der Waals surface area contributed by atoms with Crippen LogP contribution in [0, 0.1) is 0 Å². The van der Waals surface area contributed by atoms with Crippen LogP contribution in [-0.4, -0.2) is 56.3 Å². The van der Waals surface area contributed by atoms with Gasteiger partial charge >= 0.3 is 0 Å². The molecule has 0 spiro atoms. The van der Waals surface area contributed by atoms with E-state index < -0.39 is 0 Å². The van der Waals surface area contributed by atoms with Gasteiger partial charge in [-0.1, -0.05) is 125 Å². The third-order valence-electron chi connectivity index (χ3n) is 13.3. The molecule has 9 rings (SSSR count). The number of rotatable bonds is 22. The molecule has 1 aliphatic rings. The average molecular weight is 1050 g/mol. The molecule has 404 valence electrons. The van der Waals surface area contributed by atoms with Crippen molar-refractivity contribution in [2.75, 3.05) is 59.2 Å². The van der Waals surface area contributed by atoms with Gasteiger partial charge in [0, 0.05) is 59.3 Å². The molecule has 78 heavy (non-hydrogen) atoms. The van der Waals surface area contributed by atoms with Gasteiger partial charge in [0.15, 0.2) is 0 Å². The van der Waals surface area contributed by atoms with E-state index >= 15 is 0 Å². The van der Waals surface area contributed by atoms with Gasteiger partial charge in [0.2, 0.25) is 35.7 Å². The first-order valence-corrected chi connectivity index (χ1v) is 27.3. The molecule has 2 atom stereocenters. The summed E-state index contributed by atoms with van der Waals surface area (Å²) in [5.74, 6) is 4.76. The summed E-state index contributed by atoms with van der Waals surface area (Å²) >= 11 is 0. The molecular weight excluding hydrogens is 977 g/mol. The third kappa shape index (κ3) is 13.7. The van der Waals surface area contributed by atoms with Gasteiger partial charge < -0.3 is 51.7 Å². The summed E-state index contributed by atoms with van der Waals surface area (Å²) in [7, 11) is 0. The summed E-state index contributed by atoms with van der Waals surface area (Å²) in [5, 5.41) is 13.9. The number of nitrogen functional groups attached to an aromatic ring is 2. The molecule has 16 heteroatoms. The van der Waals surface area contributed by atoms with Crippen molar-refractivity contribution in [3.05, 3.63) is 177 Å². The number of nitrogens with zero attached hydrogens (tertiary/aromatic N) is 6. The van der Waals surface area contributed by atoms with Crippen LogP contribution in [-0.2, 0) is 25.7 Å². The molecule has 0 saturated heterocycles. The standard InChI is InChI=1S/C62H72N12O4/c1-7-27-75-53-43-23-17-24-44(53)32-48-36-52(68-62-72-58(64)70-60(74-62)66-40(6)42-21-15-12-16-22-42)38-50(56(48)78-30-10-4)34-46-26-18-25-45(54(46)76-28-8-2)33-49-37-51(35-47(31-43)55(49)77-29-9-3)67-61-71-57(63)69-59(73-61)65-39(5)41-19-13-11-14-20-41/h11-26,35-40H,7-10,27-34H2,1-6H3,(H4,63,65,67,69,71,73)(H4,64,66,68,70,72,74). The van der Waals surface area contributed by atoms with Crippen LogP contribution in [0.5, 0.6) is 23.0 Å². The minimum Gasteiger partial charge on any atom is -0.493 e. The predicted octanol–water partition coefficient (Wildman–Crippen LogP) is 12.9. The second kappa shape index (κ2) is 25.9. The Morgan fingerprint density at radius 3 is 0.987 bits per heavy atom. The Hall–Kier alpha value is -8.66. The van der Waals surface area contributed by atoms with Gasteiger partial charge in [-0.2, -0.15) is 29.9 Å². The number of aromatic nitrogens is 6. The number of para-hydroxylation sites is 2. The highest BCUT2D eigenvalue weighted by Gasteiger charge is 2.24. The van der Waals surface area contributed by atoms with Crippen molar-refractivity contribution in [3.8, 4) is 23.0 Å². The number of nitrogens with two attached hydrogens (primary N) is 2. The molecule has 0 saturated carbocycles. The van der Waals surface area contributed by atoms with Crippen molar-refractivity contribution < 1.29 is 18.9 Å². The summed E-state index contributed by atoms with van der Waals surface area (Å²) in [5.41, 5.74) is 24.3. The molecule has 16 nitrogen and oxygen atoms in total. The SMILES string of the molecule is CCCOc1c2cccc1Cc1cc(Nc3nc(N)nc(NC(C)c4ccccc4)n3)cc(c1OCCC)Cc1cccc(c1OCCC)Cc1cc(Nc3nc(N)nc(NC(C)c4ccccc4)n3)cc(c1OCCC)C2. The van der Waals surface area contributed by atoms with E-state index in [2.05, 4.69) is 168 Å². The first-order chi connectivity index (χ1) is 38.1. The fraction of sp³-hybridized carbons (Fsp3) is 0.323. The maximum atomic E-state index is 6.85. The van der Waals surface area contributed by atoms with Crippen LogP contribution in [0.15, 0.2) is 121 Å². The first kappa shape index (κ1) is 54.1. The predicted molar refractivity (Wildman–Crippen MR) is 312 cm³/mol. The minimum absolute atomic E-state index is 0.0843. The number of hydrogen-bond donors (Lipinski definition) is 6. The number of anilines is 8. The lowest BCUT2D eigenvalue weighted by atomic mass is 9.90. The molecule has 0 amide bonds. The van der Waals surface area contributed by atoms with E-state index in [-0.39, 0.29) is 24.0 Å². The summed E-state index contributed by atoms with van der Waals surface area (Å²) in [4.78, 5) is 27.7. The van der Waals surface area contributed by atoms with E-state index in [1.54, 1.807) is 0 Å². The van der Waals surface area contributed by atoms with Gasteiger partial charge in [0.25, 0.3) is 0 Å². The highest BCUT2D eigenvalue weighted by molar-refractivity contribution is 5.67. The number of fused-ring (bicyclic) bond motifs is 8. The number of hydrogen-bond acceptors (Lipinski definition) is 16. The molecule has 6 aromatic carbocycles. The summed E-state index contributed by atoms with van der Waals surface area (Å²) in [6.45, 7) is 14.7. The largest absolute Gasteiger partial charge is 0.493 e. The van der Waals surface area contributed by atoms with Gasteiger partial charge in [-0.25, -0.2) is 0 Å². The molecule has 1 aliphatic carbocycles. The summed E-state index contributed by atoms with van der Waals surface area (Å²) in [6.07, 6.45) is 5.24. The highest BCUT2D eigenvalue weighted by Crippen LogP contribution is 2.42. The van der Waals surface area contributed by atoms with Crippen LogP contribution >= 0.6 is 0 Å². The van der Waals surface area contributed by atoms with Crippen molar-refractivity contribution in [1.29, 1.82) is 0 Å². The zero-order chi connectivity index (χ0) is 54.4. The van der Waals surface area contributed by atoms with Crippen LogP contribution in [0.3, 0.4) is 0 Å². The van der Waals surface area contributed by atoms with E-state index in [1.807, 2.05) is 36.4 Å². The van der Waals surface area contributed by atoms with E-state index in [1.165, 1.54) is 0 Å². The van der Waals surface area contributed by atoms with Gasteiger partial charge in [-0.15, -0.1) is 0 Å². The molecule has 2 unspecified atom stereocenters. The second-order valence-electron chi connectivity index (χ2n) is 19.6. The van der Waals surface area contributed by atoms with Gasteiger partial charge in [0.1, 0.15) is 23.0 Å². The Kier molecular flexibility index (Phi) is 18.0. The molecule has 0 aliphatic heterocycles. The maximum Gasteiger partial charge on any atom is 0.233 e. The van der Waals surface area contributed by atoms with E-state index in [9.17, 15) is 0 Å². The normalized spacial score (nSPS) is 12.7. The molecule has 0 radical (unpaired) electrons. The molecule has 8 aromatic rings. The number of benzene rings is 6. The highest BCUT2D eigenvalue weighted by atomic mass is 16.5. The van der Waals surface area contributed by atoms with Gasteiger partial charge in [-0.05, 0) is 97.2 Å². The summed E-state index contributed by atoms with van der Waals surface area (Å²) < 4.78 is 27.4. The zero-order valence-corrected chi connectivity index (χ0v) is 45.7. The van der Waals surface area contributed by atoms with E-state index in [0.29, 0.717) is 75.9 Å². The Morgan fingerprint density at radius 1 is 0.385 bits per heavy atom. The lowest BCUT2D eigenvalue weighted by molar-refractivity contribution is 0.304. The molecule has 2 aromatic heterocycles. The quantitative estimate of drug-likeness (QED) is 0.0372. The zero-order valence-electron chi connectivity index (χ0n) is 45.7. The first-order valence-electron chi connectivity index (χ1n) is 27.3. The molecule has 8 bridgehead atoms. The van der Waals surface area contributed by atoms with Crippen molar-refractivity contribution >= 4 is 47.1 Å². The minimum atomic E-state index is -0.0843. The van der Waals surface area contributed by atoms with Crippen LogP contribution in [0.1, 0.15) is 135 Å². The smallest absolute Gasteiger partial charge is 0.233 e. The summed E-state index contributed by atoms with van der Waals surface area (Å²) in [6, 6.07) is 41.4. The molecule has 2 heterocycles. The Bertz CT molecular complexity index is 2980. The molecule has 8 N–H and O–H groups in total. The fourth-order valence-electron chi connectivity index (χ4n) is 9.71. The van der Waals surface area contributed by atoms with Crippen LogP contribution in [0.4, 0.5) is 47.1 Å². The van der Waals surface area contributed by atoms with Gasteiger partial charge in [0.05, 0.1) is 38.5 Å². The van der Waals surface area contributed by atoms with E-state index in [0.717, 1.165) is 116 Å². The van der Waals surface area contributed by atoms with Crippen molar-refractivity contribution in [3.63, 3.8) is 0 Å². The monoisotopic (exact) mass is 1050 g/mol. The fourth-order valence-corrected chi connectivity index (χ4v) is 9.71. The number of nitrogens with one attached hydrogen (secondary N) is 4. The number of ether oxygens (including phenoxy) is 4. The Balaban J connectivity index is 1.18. The Labute approximate surface area is 458 Å². The van der Waals surface area contributed by atoms with E-state index in [4.69, 9.17) is 40.4 Å². The van der Waals surface area contributed by atoms with Crippen LogP contribution < -0.4 is 51.7 Å². The third-order valence-corrected chi connectivity index (χ3v) is 13.3. The maximum absolute atomic E-state index is 6.85. The van der Waals surface area contributed by atoms with Crippen molar-refractivity contribution in [2.24, 2.45) is 0 Å². The van der Waals surface area contributed by atoms with Crippen molar-refractivity contribution in [2.45, 2.75) is 105 Å². The average Bonchev–Trinajstić information content (AvgIpc) is 3.42. The van der Waals surface area contributed by atoms with Crippen molar-refractivity contribution in [1.82, 2.24) is 29.9 Å². The molecule has 0 fully saturated rings.